The molecule has 0 bridgehead atoms. The summed E-state index contributed by atoms with van der Waals surface area (Å²) in [5.74, 6) is -0.516. The Morgan fingerprint density at radius 2 is 1.94 bits per heavy atom. The molecule has 0 radical (unpaired) electrons. The Balaban J connectivity index is 1.32. The first kappa shape index (κ1) is 23.2. The standard InChI is InChI=1S/C21H29FN4O5S/c22-15-3-6-17(7-4-15)32(29,30)24-18-8-5-16(31-19(18)14-27)9-12-26-13-20(23-25-26)21(28)10-1-2-11-21/h3-4,6-7,13,16,18-19,24,27-28H,1-2,5,8-12,14H2/t16-,18-,19+/m1/s1. The molecule has 1 aromatic heterocycles. The van der Waals surface area contributed by atoms with Crippen molar-refractivity contribution in [3.8, 4) is 0 Å². The molecule has 0 amide bonds. The number of ether oxygens (including phenoxy) is 1. The highest BCUT2D eigenvalue weighted by Crippen LogP contribution is 2.37. The molecule has 2 aromatic rings. The molecule has 0 spiro atoms. The Morgan fingerprint density at radius 3 is 2.62 bits per heavy atom. The van der Waals surface area contributed by atoms with Crippen LogP contribution in [0, 0.1) is 5.82 Å². The minimum atomic E-state index is -3.86. The van der Waals surface area contributed by atoms with E-state index in [9.17, 15) is 23.0 Å². The zero-order valence-corrected chi connectivity index (χ0v) is 18.5. The summed E-state index contributed by atoms with van der Waals surface area (Å²) >= 11 is 0. The van der Waals surface area contributed by atoms with Gasteiger partial charge in [0.25, 0.3) is 0 Å². The number of rotatable bonds is 8. The molecule has 9 nitrogen and oxygen atoms in total. The van der Waals surface area contributed by atoms with E-state index in [0.717, 1.165) is 25.0 Å². The number of aliphatic hydroxyl groups is 2. The lowest BCUT2D eigenvalue weighted by atomic mass is 9.98. The van der Waals surface area contributed by atoms with Gasteiger partial charge in [-0.3, -0.25) is 4.68 Å². The van der Waals surface area contributed by atoms with Gasteiger partial charge in [0.2, 0.25) is 10.0 Å². The van der Waals surface area contributed by atoms with Crippen LogP contribution < -0.4 is 4.72 Å². The van der Waals surface area contributed by atoms with Crippen molar-refractivity contribution in [3.05, 3.63) is 42.0 Å². The van der Waals surface area contributed by atoms with Gasteiger partial charge in [-0.05, 0) is 56.4 Å². The maximum Gasteiger partial charge on any atom is 0.240 e. The summed E-state index contributed by atoms with van der Waals surface area (Å²) in [6.07, 6.45) is 6.01. The smallest absolute Gasteiger partial charge is 0.240 e. The molecule has 32 heavy (non-hydrogen) atoms. The third-order valence-corrected chi connectivity index (χ3v) is 7.86. The topological polar surface area (TPSA) is 127 Å². The van der Waals surface area contributed by atoms with E-state index < -0.39 is 33.6 Å². The molecular formula is C21H29FN4O5S. The summed E-state index contributed by atoms with van der Waals surface area (Å²) in [6.45, 7) is 0.214. The van der Waals surface area contributed by atoms with Crippen molar-refractivity contribution in [1.29, 1.82) is 0 Å². The molecule has 2 fully saturated rings. The molecule has 2 aliphatic rings. The van der Waals surface area contributed by atoms with E-state index in [1.807, 2.05) is 0 Å². The van der Waals surface area contributed by atoms with Crippen molar-refractivity contribution in [2.24, 2.45) is 0 Å². The molecular weight excluding hydrogens is 439 g/mol. The van der Waals surface area contributed by atoms with Crippen LogP contribution in [0.15, 0.2) is 35.4 Å². The van der Waals surface area contributed by atoms with Gasteiger partial charge in [0, 0.05) is 6.54 Å². The van der Waals surface area contributed by atoms with Crippen molar-refractivity contribution in [3.63, 3.8) is 0 Å². The van der Waals surface area contributed by atoms with Crippen molar-refractivity contribution >= 4 is 10.0 Å². The molecule has 4 rings (SSSR count). The largest absolute Gasteiger partial charge is 0.394 e. The Hall–Kier alpha value is -1.92. The average Bonchev–Trinajstić information content (AvgIpc) is 3.43. The zero-order valence-electron chi connectivity index (χ0n) is 17.7. The quantitative estimate of drug-likeness (QED) is 0.535. The number of aryl methyl sites for hydroxylation is 1. The van der Waals surface area contributed by atoms with E-state index in [2.05, 4.69) is 15.0 Å². The van der Waals surface area contributed by atoms with Crippen LogP contribution in [-0.2, 0) is 26.9 Å². The minimum absolute atomic E-state index is 0.0383. The fraction of sp³-hybridized carbons (Fsp3) is 0.619. The highest BCUT2D eigenvalue weighted by Gasteiger charge is 2.36. The van der Waals surface area contributed by atoms with Gasteiger partial charge in [-0.2, -0.15) is 0 Å². The second-order valence-electron chi connectivity index (χ2n) is 8.63. The third kappa shape index (κ3) is 5.18. The van der Waals surface area contributed by atoms with Gasteiger partial charge in [0.05, 0.1) is 35.9 Å². The lowest BCUT2D eigenvalue weighted by Gasteiger charge is -2.36. The second-order valence-corrected chi connectivity index (χ2v) is 10.3. The molecule has 3 atom stereocenters. The summed E-state index contributed by atoms with van der Waals surface area (Å²) in [6, 6.07) is 4.00. The van der Waals surface area contributed by atoms with Gasteiger partial charge in [0.1, 0.15) is 17.1 Å². The molecule has 1 saturated heterocycles. The molecule has 176 valence electrons. The van der Waals surface area contributed by atoms with Crippen molar-refractivity contribution in [2.45, 2.75) is 80.2 Å². The van der Waals surface area contributed by atoms with E-state index in [0.29, 0.717) is 44.3 Å². The second kappa shape index (κ2) is 9.52. The molecule has 3 N–H and O–H groups in total. The number of hydrogen-bond donors (Lipinski definition) is 3. The van der Waals surface area contributed by atoms with Gasteiger partial charge in [-0.25, -0.2) is 17.5 Å². The number of aliphatic hydroxyl groups excluding tert-OH is 1. The minimum Gasteiger partial charge on any atom is -0.394 e. The Bertz CT molecular complexity index is 1010. The third-order valence-electron chi connectivity index (χ3n) is 6.35. The van der Waals surface area contributed by atoms with Crippen LogP contribution >= 0.6 is 0 Å². The fourth-order valence-electron chi connectivity index (χ4n) is 4.47. The number of sulfonamides is 1. The number of aromatic nitrogens is 3. The van der Waals surface area contributed by atoms with Gasteiger partial charge < -0.3 is 14.9 Å². The first-order valence-electron chi connectivity index (χ1n) is 11.0. The van der Waals surface area contributed by atoms with Crippen molar-refractivity contribution in [2.75, 3.05) is 6.61 Å². The van der Waals surface area contributed by atoms with Gasteiger partial charge >= 0.3 is 0 Å². The molecule has 0 unspecified atom stereocenters. The highest BCUT2D eigenvalue weighted by molar-refractivity contribution is 7.89. The molecule has 11 heteroatoms. The monoisotopic (exact) mass is 468 g/mol. The maximum atomic E-state index is 13.1. The maximum absolute atomic E-state index is 13.1. The lowest BCUT2D eigenvalue weighted by molar-refractivity contribution is -0.0891. The van der Waals surface area contributed by atoms with Crippen LogP contribution in [0.5, 0.6) is 0 Å². The van der Waals surface area contributed by atoms with E-state index in [1.165, 1.54) is 12.1 Å². The van der Waals surface area contributed by atoms with E-state index in [4.69, 9.17) is 4.74 Å². The summed E-state index contributed by atoms with van der Waals surface area (Å²) < 4.78 is 48.5. The molecule has 1 aromatic carbocycles. The summed E-state index contributed by atoms with van der Waals surface area (Å²) in [7, 11) is -3.86. The zero-order chi connectivity index (χ0) is 22.8. The van der Waals surface area contributed by atoms with E-state index in [-0.39, 0.29) is 17.6 Å². The predicted octanol–water partition coefficient (Wildman–Crippen LogP) is 1.46. The van der Waals surface area contributed by atoms with Gasteiger partial charge in [0.15, 0.2) is 0 Å². The predicted molar refractivity (Wildman–Crippen MR) is 112 cm³/mol. The Morgan fingerprint density at radius 1 is 1.22 bits per heavy atom. The number of hydrogen-bond acceptors (Lipinski definition) is 7. The van der Waals surface area contributed by atoms with E-state index in [1.54, 1.807) is 10.9 Å². The van der Waals surface area contributed by atoms with E-state index >= 15 is 0 Å². The lowest BCUT2D eigenvalue weighted by Crippen LogP contribution is -2.50. The summed E-state index contributed by atoms with van der Waals surface area (Å²) in [5.41, 5.74) is -0.278. The van der Waals surface area contributed by atoms with Crippen LogP contribution in [-0.4, -0.2) is 58.5 Å². The summed E-state index contributed by atoms with van der Waals surface area (Å²) in [4.78, 5) is -0.0383. The van der Waals surface area contributed by atoms with Gasteiger partial charge in [-0.1, -0.05) is 18.1 Å². The average molecular weight is 469 g/mol. The molecule has 2 heterocycles. The normalized spacial score (nSPS) is 25.8. The highest BCUT2D eigenvalue weighted by atomic mass is 32.2. The van der Waals surface area contributed by atoms with Crippen LogP contribution in [0.4, 0.5) is 4.39 Å². The van der Waals surface area contributed by atoms with Crippen LogP contribution in [0.2, 0.25) is 0 Å². The van der Waals surface area contributed by atoms with Crippen molar-refractivity contribution in [1.82, 2.24) is 19.7 Å². The van der Waals surface area contributed by atoms with Gasteiger partial charge in [-0.15, -0.1) is 5.10 Å². The van der Waals surface area contributed by atoms with Crippen LogP contribution in [0.3, 0.4) is 0 Å². The Labute approximate surface area is 186 Å². The molecule has 1 aliphatic carbocycles. The summed E-state index contributed by atoms with van der Waals surface area (Å²) in [5, 5.41) is 28.6. The molecule has 1 aliphatic heterocycles. The van der Waals surface area contributed by atoms with Crippen LogP contribution in [0.25, 0.3) is 0 Å². The number of halogens is 1. The number of nitrogens with one attached hydrogen (secondary N) is 1. The number of benzene rings is 1. The Kier molecular flexibility index (Phi) is 6.91. The SMILES string of the molecule is O=S(=O)(N[C@@H]1CC[C@H](CCn2cc(C3(O)CCCC3)nn2)O[C@H]1CO)c1ccc(F)cc1. The van der Waals surface area contributed by atoms with Crippen molar-refractivity contribution < 1.29 is 27.8 Å². The number of nitrogens with zero attached hydrogens (tertiary/aromatic N) is 3. The first-order chi connectivity index (χ1) is 15.3. The fourth-order valence-corrected chi connectivity index (χ4v) is 5.77. The van der Waals surface area contributed by atoms with Crippen LogP contribution in [0.1, 0.15) is 50.6 Å². The molecule has 1 saturated carbocycles. The first-order valence-corrected chi connectivity index (χ1v) is 12.4.